The van der Waals surface area contributed by atoms with Crippen molar-refractivity contribution in [2.24, 2.45) is 23.7 Å². The molecule has 2 saturated heterocycles. The van der Waals surface area contributed by atoms with Crippen molar-refractivity contribution < 1.29 is 50.7 Å². The molecule has 2 N–H and O–H groups in total. The Balaban J connectivity index is 1.60. The summed E-state index contributed by atoms with van der Waals surface area (Å²) in [6.45, 7) is 3.60. The molecule has 0 unspecified atom stereocenters. The SMILES string of the molecule is CC(C)C1=C2B(O)O[C@H](c3ccc(O)cc3Cl)C[C@H]2[C@H]2C(=O)N(c3cc(C(F)(F)F)cc(C(F)(F)F)c3)C(=O)[C@H]2C1. The Morgan fingerprint density at radius 2 is 1.59 bits per heavy atom. The predicted octanol–water partition coefficient (Wildman–Crippen LogP) is 6.34. The van der Waals surface area contributed by atoms with E-state index in [1.807, 2.05) is 0 Å². The summed E-state index contributed by atoms with van der Waals surface area (Å²) >= 11 is 6.29. The summed E-state index contributed by atoms with van der Waals surface area (Å²) in [4.78, 5) is 27.8. The lowest BCUT2D eigenvalue weighted by Crippen LogP contribution is -2.45. The molecule has 41 heavy (non-hydrogen) atoms. The van der Waals surface area contributed by atoms with E-state index in [1.54, 1.807) is 13.8 Å². The Morgan fingerprint density at radius 1 is 0.976 bits per heavy atom. The maximum absolute atomic E-state index is 13.8. The van der Waals surface area contributed by atoms with Crippen LogP contribution in [0.3, 0.4) is 0 Å². The summed E-state index contributed by atoms with van der Waals surface area (Å²) in [6, 6.07) is 4.74. The lowest BCUT2D eigenvalue weighted by molar-refractivity contribution is -0.143. The van der Waals surface area contributed by atoms with Crippen molar-refractivity contribution in [3.8, 4) is 5.75 Å². The van der Waals surface area contributed by atoms with Crippen molar-refractivity contribution in [3.05, 3.63) is 69.2 Å². The minimum Gasteiger partial charge on any atom is -0.508 e. The normalized spacial score (nSPS) is 25.2. The summed E-state index contributed by atoms with van der Waals surface area (Å²) in [5, 5.41) is 20.9. The van der Waals surface area contributed by atoms with E-state index in [1.165, 1.54) is 18.2 Å². The highest BCUT2D eigenvalue weighted by Gasteiger charge is 2.58. The average molecular weight is 602 g/mol. The van der Waals surface area contributed by atoms with Gasteiger partial charge in [0.1, 0.15) is 5.75 Å². The zero-order valence-corrected chi connectivity index (χ0v) is 22.3. The highest BCUT2D eigenvalue weighted by Crippen LogP contribution is 2.54. The fraction of sp³-hybridized carbons (Fsp3) is 0.407. The number of halogens is 7. The lowest BCUT2D eigenvalue weighted by Gasteiger charge is -2.43. The quantitative estimate of drug-likeness (QED) is 0.244. The van der Waals surface area contributed by atoms with Crippen molar-refractivity contribution >= 4 is 36.2 Å². The minimum absolute atomic E-state index is 0.0224. The van der Waals surface area contributed by atoms with Crippen LogP contribution in [-0.2, 0) is 26.6 Å². The predicted molar refractivity (Wildman–Crippen MR) is 135 cm³/mol. The number of carbonyl (C=O) groups is 2. The van der Waals surface area contributed by atoms with Gasteiger partial charge in [-0.3, -0.25) is 9.59 Å². The molecule has 0 saturated carbocycles. The van der Waals surface area contributed by atoms with E-state index in [0.29, 0.717) is 33.6 Å². The van der Waals surface area contributed by atoms with Crippen LogP contribution in [0, 0.1) is 23.7 Å². The third-order valence-corrected chi connectivity index (χ3v) is 8.33. The number of aromatic hydroxyl groups is 1. The number of fused-ring (bicyclic) bond motifs is 3. The van der Waals surface area contributed by atoms with Gasteiger partial charge in [-0.2, -0.15) is 26.3 Å². The zero-order chi connectivity index (χ0) is 30.2. The average Bonchev–Trinajstić information content (AvgIpc) is 3.11. The molecule has 0 bridgehead atoms. The number of hydrogen-bond acceptors (Lipinski definition) is 5. The van der Waals surface area contributed by atoms with Crippen LogP contribution < -0.4 is 4.90 Å². The maximum atomic E-state index is 13.8. The third kappa shape index (κ3) is 5.12. The number of phenolic OH excluding ortho intramolecular Hbond substituents is 1. The number of nitrogens with zero attached hydrogens (tertiary/aromatic N) is 1. The van der Waals surface area contributed by atoms with Crippen LogP contribution >= 0.6 is 11.6 Å². The van der Waals surface area contributed by atoms with Crippen molar-refractivity contribution in [2.75, 3.05) is 4.90 Å². The highest BCUT2D eigenvalue weighted by molar-refractivity contribution is 6.53. The molecular weight excluding hydrogens is 579 g/mol. The molecule has 5 rings (SSSR count). The van der Waals surface area contributed by atoms with Crippen LogP contribution in [0.4, 0.5) is 32.0 Å². The summed E-state index contributed by atoms with van der Waals surface area (Å²) in [5.74, 6) is -5.27. The summed E-state index contributed by atoms with van der Waals surface area (Å²) in [5.41, 5.74) is -2.74. The second kappa shape index (κ2) is 10.1. The molecule has 0 aromatic heterocycles. The Hall–Kier alpha value is -3.03. The lowest BCUT2D eigenvalue weighted by atomic mass is 9.54. The van der Waals surface area contributed by atoms with Gasteiger partial charge in [0.25, 0.3) is 0 Å². The molecule has 2 heterocycles. The van der Waals surface area contributed by atoms with Gasteiger partial charge in [-0.05, 0) is 66.0 Å². The molecule has 6 nitrogen and oxygen atoms in total. The van der Waals surface area contributed by atoms with Crippen molar-refractivity contribution in [2.45, 2.75) is 45.1 Å². The second-order valence-electron chi connectivity index (χ2n) is 10.8. The fourth-order valence-corrected chi connectivity index (χ4v) is 6.50. The minimum atomic E-state index is -5.17. The van der Waals surface area contributed by atoms with Gasteiger partial charge in [0.05, 0.1) is 34.8 Å². The Kier molecular flexibility index (Phi) is 7.23. The van der Waals surface area contributed by atoms with Crippen LogP contribution in [0.2, 0.25) is 5.02 Å². The standard InChI is InChI=1S/C27H23BClF6NO5/c1-11(2)17-9-19-22(18-10-21(41-28(40)23(17)18)16-4-3-15(37)8-20(16)29)25(39)36(24(19)38)14-6-12(26(30,31)32)5-13(7-14)27(33,34)35/h3-8,11,18-19,21-22,37,40H,9-10H2,1-2H3/t18-,19-,21-,22+/m0/s1. The number of hydrogen-bond donors (Lipinski definition) is 2. The third-order valence-electron chi connectivity index (χ3n) is 8.01. The first-order valence-corrected chi connectivity index (χ1v) is 13.1. The van der Waals surface area contributed by atoms with Crippen LogP contribution in [0.25, 0.3) is 0 Å². The topological polar surface area (TPSA) is 87.1 Å². The Labute approximate surface area is 235 Å². The van der Waals surface area contributed by atoms with E-state index in [0.717, 1.165) is 0 Å². The summed E-state index contributed by atoms with van der Waals surface area (Å²) in [6.07, 6.45) is -11.2. The van der Waals surface area contributed by atoms with Gasteiger partial charge in [0.2, 0.25) is 11.8 Å². The van der Waals surface area contributed by atoms with Gasteiger partial charge in [0, 0.05) is 5.02 Å². The van der Waals surface area contributed by atoms with Crippen molar-refractivity contribution in [3.63, 3.8) is 0 Å². The number of carbonyl (C=O) groups excluding carboxylic acids is 2. The second-order valence-corrected chi connectivity index (χ2v) is 11.2. The number of anilines is 1. The largest absolute Gasteiger partial charge is 0.508 e. The molecule has 0 spiro atoms. The molecule has 2 aromatic rings. The molecule has 2 aliphatic heterocycles. The molecule has 1 aliphatic carbocycles. The van der Waals surface area contributed by atoms with E-state index in [-0.39, 0.29) is 35.6 Å². The van der Waals surface area contributed by atoms with Gasteiger partial charge >= 0.3 is 19.5 Å². The number of allylic oxidation sites excluding steroid dienone is 2. The van der Waals surface area contributed by atoms with E-state index in [9.17, 15) is 46.1 Å². The van der Waals surface area contributed by atoms with E-state index >= 15 is 0 Å². The van der Waals surface area contributed by atoms with Crippen molar-refractivity contribution in [1.82, 2.24) is 0 Å². The van der Waals surface area contributed by atoms with E-state index in [4.69, 9.17) is 16.3 Å². The number of rotatable bonds is 3. The number of benzene rings is 2. The summed E-state index contributed by atoms with van der Waals surface area (Å²) in [7, 11) is -1.51. The van der Waals surface area contributed by atoms with E-state index < -0.39 is 72.0 Å². The molecule has 3 aliphatic rings. The van der Waals surface area contributed by atoms with Crippen LogP contribution in [0.5, 0.6) is 5.75 Å². The van der Waals surface area contributed by atoms with Crippen LogP contribution in [0.15, 0.2) is 47.4 Å². The molecule has 0 radical (unpaired) electrons. The zero-order valence-electron chi connectivity index (χ0n) is 21.6. The monoisotopic (exact) mass is 601 g/mol. The van der Waals surface area contributed by atoms with Gasteiger partial charge in [-0.25, -0.2) is 4.90 Å². The van der Waals surface area contributed by atoms with E-state index in [2.05, 4.69) is 0 Å². The smallest absolute Gasteiger partial charge is 0.487 e. The maximum Gasteiger partial charge on any atom is 0.487 e. The molecule has 2 amide bonds. The number of amides is 2. The Morgan fingerprint density at radius 3 is 2.12 bits per heavy atom. The number of alkyl halides is 6. The number of phenols is 1. The number of imide groups is 1. The first-order valence-electron chi connectivity index (χ1n) is 12.7. The molecule has 4 atom stereocenters. The van der Waals surface area contributed by atoms with Crippen LogP contribution in [0.1, 0.15) is 49.5 Å². The molecular formula is C27H23BClF6NO5. The van der Waals surface area contributed by atoms with Crippen molar-refractivity contribution in [1.29, 1.82) is 0 Å². The molecule has 14 heteroatoms. The first-order chi connectivity index (χ1) is 19.0. The van der Waals surface area contributed by atoms with Crippen LogP contribution in [-0.4, -0.2) is 29.1 Å². The first kappa shape index (κ1) is 29.5. The summed E-state index contributed by atoms with van der Waals surface area (Å²) < 4.78 is 87.1. The van der Waals surface area contributed by atoms with Gasteiger partial charge < -0.3 is 14.8 Å². The molecule has 2 fully saturated rings. The Bertz CT molecular complexity index is 1430. The van der Waals surface area contributed by atoms with Gasteiger partial charge in [0.15, 0.2) is 0 Å². The molecule has 218 valence electrons. The van der Waals surface area contributed by atoms with Gasteiger partial charge in [-0.1, -0.05) is 37.1 Å². The highest BCUT2D eigenvalue weighted by atomic mass is 35.5. The molecule has 2 aromatic carbocycles. The fourth-order valence-electron chi connectivity index (χ4n) is 6.20. The van der Waals surface area contributed by atoms with Gasteiger partial charge in [-0.15, -0.1) is 0 Å².